The van der Waals surface area contributed by atoms with Crippen LogP contribution in [0.25, 0.3) is 0 Å². The number of rotatable bonds is 5. The summed E-state index contributed by atoms with van der Waals surface area (Å²) in [5.41, 5.74) is 3.72. The van der Waals surface area contributed by atoms with Crippen molar-refractivity contribution < 1.29 is 4.79 Å². The van der Waals surface area contributed by atoms with Gasteiger partial charge in [-0.3, -0.25) is 9.80 Å². The van der Waals surface area contributed by atoms with Gasteiger partial charge in [-0.1, -0.05) is 35.9 Å². The number of carbonyl (C=O) groups is 1. The SMILES string of the molecule is O=CC(c1cc(Cl)nc(C2CC2)n1)N1CCC(N2CCc3ccccc3C2)CC1. The molecule has 1 saturated heterocycles. The standard InChI is InChI=1S/C23H27ClN4O/c24-22-13-20(25-23(26-22)17-5-6-17)21(15-29)27-11-8-19(9-12-27)28-10-7-16-3-1-2-4-18(16)14-28/h1-4,13,15,17,19,21H,5-12,14H2. The molecule has 0 radical (unpaired) electrons. The molecular weight excluding hydrogens is 384 g/mol. The molecule has 1 aliphatic carbocycles. The minimum Gasteiger partial charge on any atom is -0.301 e. The highest BCUT2D eigenvalue weighted by Crippen LogP contribution is 2.39. The molecule has 1 atom stereocenters. The maximum absolute atomic E-state index is 12.0. The molecule has 1 saturated carbocycles. The van der Waals surface area contributed by atoms with Crippen LogP contribution < -0.4 is 0 Å². The molecule has 29 heavy (non-hydrogen) atoms. The van der Waals surface area contributed by atoms with E-state index in [1.165, 1.54) is 11.1 Å². The fourth-order valence-corrected chi connectivity index (χ4v) is 5.03. The largest absolute Gasteiger partial charge is 0.301 e. The van der Waals surface area contributed by atoms with Crippen molar-refractivity contribution in [3.63, 3.8) is 0 Å². The molecule has 2 fully saturated rings. The van der Waals surface area contributed by atoms with Crippen molar-refractivity contribution in [2.45, 2.75) is 56.7 Å². The number of nitrogens with zero attached hydrogens (tertiary/aromatic N) is 4. The number of aromatic nitrogens is 2. The van der Waals surface area contributed by atoms with Crippen LogP contribution in [0, 0.1) is 0 Å². The van der Waals surface area contributed by atoms with Gasteiger partial charge in [-0.05, 0) is 49.3 Å². The molecule has 2 aromatic rings. The zero-order chi connectivity index (χ0) is 19.8. The van der Waals surface area contributed by atoms with E-state index >= 15 is 0 Å². The summed E-state index contributed by atoms with van der Waals surface area (Å²) >= 11 is 6.24. The van der Waals surface area contributed by atoms with Crippen molar-refractivity contribution >= 4 is 17.9 Å². The second kappa shape index (κ2) is 8.13. The predicted octanol–water partition coefficient (Wildman–Crippen LogP) is 3.77. The first-order valence-electron chi connectivity index (χ1n) is 10.8. The number of piperidine rings is 1. The maximum Gasteiger partial charge on any atom is 0.143 e. The van der Waals surface area contributed by atoms with Gasteiger partial charge in [0.2, 0.25) is 0 Å². The van der Waals surface area contributed by atoms with E-state index in [4.69, 9.17) is 16.6 Å². The van der Waals surface area contributed by atoms with Crippen molar-refractivity contribution in [3.05, 3.63) is 58.1 Å². The van der Waals surface area contributed by atoms with Crippen LogP contribution in [0.5, 0.6) is 0 Å². The van der Waals surface area contributed by atoms with E-state index in [0.29, 0.717) is 17.1 Å². The van der Waals surface area contributed by atoms with Crippen molar-refractivity contribution in [1.82, 2.24) is 19.8 Å². The highest BCUT2D eigenvalue weighted by Gasteiger charge is 2.32. The smallest absolute Gasteiger partial charge is 0.143 e. The van der Waals surface area contributed by atoms with Crippen molar-refractivity contribution in [1.29, 1.82) is 0 Å². The Balaban J connectivity index is 1.25. The minimum absolute atomic E-state index is 0.323. The van der Waals surface area contributed by atoms with Gasteiger partial charge in [0.25, 0.3) is 0 Å². The number of halogens is 1. The van der Waals surface area contributed by atoms with Gasteiger partial charge in [0.05, 0.1) is 5.69 Å². The molecule has 152 valence electrons. The van der Waals surface area contributed by atoms with Gasteiger partial charge in [-0.2, -0.15) is 0 Å². The van der Waals surface area contributed by atoms with Gasteiger partial charge in [-0.15, -0.1) is 0 Å². The van der Waals surface area contributed by atoms with Crippen LogP contribution in [0.1, 0.15) is 60.3 Å². The van der Waals surface area contributed by atoms with E-state index < -0.39 is 0 Å². The van der Waals surface area contributed by atoms with E-state index in [9.17, 15) is 4.79 Å². The Kier molecular flexibility index (Phi) is 5.37. The van der Waals surface area contributed by atoms with E-state index in [1.54, 1.807) is 6.07 Å². The first kappa shape index (κ1) is 19.2. The fraction of sp³-hybridized carbons (Fsp3) is 0.522. The van der Waals surface area contributed by atoms with E-state index in [1.807, 2.05) is 0 Å². The van der Waals surface area contributed by atoms with Crippen LogP contribution in [0.4, 0.5) is 0 Å². The van der Waals surface area contributed by atoms with Gasteiger partial charge in [0.1, 0.15) is 23.3 Å². The van der Waals surface area contributed by atoms with E-state index in [-0.39, 0.29) is 6.04 Å². The van der Waals surface area contributed by atoms with Gasteiger partial charge >= 0.3 is 0 Å². The van der Waals surface area contributed by atoms with Gasteiger partial charge in [-0.25, -0.2) is 9.97 Å². The Morgan fingerprint density at radius 2 is 1.79 bits per heavy atom. The van der Waals surface area contributed by atoms with Crippen LogP contribution in [0.15, 0.2) is 30.3 Å². The summed E-state index contributed by atoms with van der Waals surface area (Å²) in [5, 5.41) is 0.450. The summed E-state index contributed by atoms with van der Waals surface area (Å²) < 4.78 is 0. The number of hydrogen-bond donors (Lipinski definition) is 0. The lowest BCUT2D eigenvalue weighted by Crippen LogP contribution is -2.47. The quantitative estimate of drug-likeness (QED) is 0.554. The monoisotopic (exact) mass is 410 g/mol. The number of fused-ring (bicyclic) bond motifs is 1. The zero-order valence-corrected chi connectivity index (χ0v) is 17.4. The summed E-state index contributed by atoms with van der Waals surface area (Å²) in [6.45, 7) is 3.99. The molecule has 0 N–H and O–H groups in total. The van der Waals surface area contributed by atoms with Crippen molar-refractivity contribution in [2.24, 2.45) is 0 Å². The Bertz CT molecular complexity index is 892. The summed E-state index contributed by atoms with van der Waals surface area (Å²) in [4.78, 5) is 25.9. The first-order valence-corrected chi connectivity index (χ1v) is 11.1. The summed E-state index contributed by atoms with van der Waals surface area (Å²) in [6.07, 6.45) is 6.57. The van der Waals surface area contributed by atoms with Crippen molar-refractivity contribution in [2.75, 3.05) is 19.6 Å². The summed E-state index contributed by atoms with van der Waals surface area (Å²) in [6, 6.07) is 10.8. The van der Waals surface area contributed by atoms with Crippen LogP contribution in [0.3, 0.4) is 0 Å². The predicted molar refractivity (Wildman–Crippen MR) is 113 cm³/mol. The molecular formula is C23H27ClN4O. The van der Waals surface area contributed by atoms with Crippen molar-refractivity contribution in [3.8, 4) is 0 Å². The summed E-state index contributed by atoms with van der Waals surface area (Å²) in [5.74, 6) is 1.23. The van der Waals surface area contributed by atoms with Gasteiger partial charge in [0, 0.05) is 38.1 Å². The second-order valence-corrected chi connectivity index (χ2v) is 8.97. The van der Waals surface area contributed by atoms with Gasteiger partial charge in [0.15, 0.2) is 0 Å². The van der Waals surface area contributed by atoms with Crippen LogP contribution in [0.2, 0.25) is 5.15 Å². The third-order valence-corrected chi connectivity index (χ3v) is 6.87. The molecule has 3 aliphatic rings. The average Bonchev–Trinajstić information content (AvgIpc) is 3.60. The Morgan fingerprint density at radius 1 is 1.03 bits per heavy atom. The third-order valence-electron chi connectivity index (χ3n) is 6.68. The molecule has 1 unspecified atom stereocenters. The van der Waals surface area contributed by atoms with Gasteiger partial charge < -0.3 is 4.79 Å². The zero-order valence-electron chi connectivity index (χ0n) is 16.6. The highest BCUT2D eigenvalue weighted by atomic mass is 35.5. The number of carbonyl (C=O) groups excluding carboxylic acids is 1. The molecule has 3 heterocycles. The molecule has 2 aliphatic heterocycles. The van der Waals surface area contributed by atoms with Crippen LogP contribution in [-0.2, 0) is 17.8 Å². The molecule has 0 bridgehead atoms. The number of aldehydes is 1. The Morgan fingerprint density at radius 3 is 2.52 bits per heavy atom. The highest BCUT2D eigenvalue weighted by molar-refractivity contribution is 6.29. The lowest BCUT2D eigenvalue weighted by molar-refractivity contribution is -0.113. The molecule has 0 spiro atoms. The summed E-state index contributed by atoms with van der Waals surface area (Å²) in [7, 11) is 0. The number of benzene rings is 1. The topological polar surface area (TPSA) is 49.3 Å². The maximum atomic E-state index is 12.0. The molecule has 0 amide bonds. The first-order chi connectivity index (χ1) is 14.2. The molecule has 6 heteroatoms. The average molecular weight is 411 g/mol. The van der Waals surface area contributed by atoms with E-state index in [0.717, 1.165) is 76.1 Å². The van der Waals surface area contributed by atoms with Crippen LogP contribution in [-0.4, -0.2) is 51.7 Å². The lowest BCUT2D eigenvalue weighted by Gasteiger charge is -2.41. The number of likely N-dealkylation sites (tertiary alicyclic amines) is 1. The minimum atomic E-state index is -0.323. The molecule has 1 aromatic heterocycles. The van der Waals surface area contributed by atoms with E-state index in [2.05, 4.69) is 39.0 Å². The number of hydrogen-bond acceptors (Lipinski definition) is 5. The normalized spacial score (nSPS) is 22.2. The molecule has 5 rings (SSSR count). The third kappa shape index (κ3) is 4.09. The fourth-order valence-electron chi connectivity index (χ4n) is 4.83. The lowest BCUT2D eigenvalue weighted by atomic mass is 9.95. The Labute approximate surface area is 177 Å². The second-order valence-electron chi connectivity index (χ2n) is 8.59. The Hall–Kier alpha value is -1.82. The van der Waals surface area contributed by atoms with Crippen LogP contribution >= 0.6 is 11.6 Å². The molecule has 1 aromatic carbocycles. The molecule has 5 nitrogen and oxygen atoms in total.